The van der Waals surface area contributed by atoms with Crippen LogP contribution >= 0.6 is 0 Å². The molecule has 2 aliphatic rings. The molecule has 0 saturated carbocycles. The van der Waals surface area contributed by atoms with Gasteiger partial charge in [-0.2, -0.15) is 12.7 Å². The van der Waals surface area contributed by atoms with Gasteiger partial charge in [-0.3, -0.25) is 4.55 Å². The van der Waals surface area contributed by atoms with Gasteiger partial charge < -0.3 is 25.0 Å². The molecule has 11 heteroatoms. The summed E-state index contributed by atoms with van der Waals surface area (Å²) in [6.45, 7) is 2.60. The number of hydrogen-bond donors (Lipinski definition) is 3. The van der Waals surface area contributed by atoms with E-state index in [1.54, 1.807) is 0 Å². The Morgan fingerprint density at radius 1 is 1.27 bits per heavy atom. The highest BCUT2D eigenvalue weighted by molar-refractivity contribution is 7.83. The van der Waals surface area contributed by atoms with Gasteiger partial charge in [0.05, 0.1) is 12.6 Å². The molecule has 2 aliphatic heterocycles. The van der Waals surface area contributed by atoms with Gasteiger partial charge in [0.25, 0.3) is 0 Å². The first-order valence-corrected chi connectivity index (χ1v) is 10.2. The number of β-amino-alcohol motifs (C(OH)–C–C–N with tert-alkyl or cyclic N) is 1. The van der Waals surface area contributed by atoms with E-state index in [1.807, 2.05) is 0 Å². The van der Waals surface area contributed by atoms with Crippen molar-refractivity contribution in [3.05, 3.63) is 0 Å². The number of amides is 2. The fraction of sp³-hybridized carbons (Fsp3) is 0.867. The molecule has 150 valence electrons. The lowest BCUT2D eigenvalue weighted by Gasteiger charge is -2.29. The van der Waals surface area contributed by atoms with Gasteiger partial charge in [0.1, 0.15) is 12.3 Å². The quantitative estimate of drug-likeness (QED) is 0.387. The smallest absolute Gasteiger partial charge is 0.335 e. The molecule has 0 aromatic carbocycles. The number of carbonyl (C=O) groups excluding carboxylic acids is 2. The summed E-state index contributed by atoms with van der Waals surface area (Å²) < 4.78 is 32.6. The van der Waals surface area contributed by atoms with Crippen LogP contribution in [0.4, 0.5) is 4.79 Å². The van der Waals surface area contributed by atoms with Crippen molar-refractivity contribution in [3.63, 3.8) is 0 Å². The average Bonchev–Trinajstić information content (AvgIpc) is 2.89. The zero-order chi connectivity index (χ0) is 19.3. The number of aliphatic hydroxyl groups is 1. The van der Waals surface area contributed by atoms with E-state index in [0.29, 0.717) is 12.8 Å². The Morgan fingerprint density at radius 2 is 2.00 bits per heavy atom. The highest BCUT2D eigenvalue weighted by Gasteiger charge is 2.42. The van der Waals surface area contributed by atoms with E-state index >= 15 is 0 Å². The Balaban J connectivity index is 1.96. The number of nitrogens with one attached hydrogen (secondary N) is 1. The lowest BCUT2D eigenvalue weighted by Crippen LogP contribution is -2.52. The van der Waals surface area contributed by atoms with Gasteiger partial charge in [0, 0.05) is 32.7 Å². The van der Waals surface area contributed by atoms with Gasteiger partial charge >= 0.3 is 16.3 Å². The van der Waals surface area contributed by atoms with Crippen molar-refractivity contribution in [3.8, 4) is 0 Å². The molecule has 1 unspecified atom stereocenters. The van der Waals surface area contributed by atoms with Crippen molar-refractivity contribution in [1.82, 2.24) is 19.4 Å². The fourth-order valence-corrected chi connectivity index (χ4v) is 4.26. The van der Waals surface area contributed by atoms with Crippen LogP contribution in [0.5, 0.6) is 0 Å². The van der Waals surface area contributed by atoms with Crippen molar-refractivity contribution in [2.24, 2.45) is 0 Å². The number of carbonyl (C=O) groups is 2. The molecule has 2 saturated heterocycles. The van der Waals surface area contributed by atoms with Crippen molar-refractivity contribution in [1.29, 1.82) is 0 Å². The molecule has 26 heavy (non-hydrogen) atoms. The van der Waals surface area contributed by atoms with Crippen molar-refractivity contribution < 1.29 is 27.7 Å². The molecule has 0 aliphatic carbocycles. The standard InChI is InChI=1S/C15H28N4O6S/c1-17(26(23,24)25)13-5-8-19(14(13)11-21)15(22)16-12-3-2-6-18(7-4-12)9-10-20/h11-14,20H,2-10H2,1H3,(H,16,22)(H,23,24,25)/t12-,13?,14+/m0/s1. The summed E-state index contributed by atoms with van der Waals surface area (Å²) in [6, 6.07) is -2.13. The third-order valence-corrected chi connectivity index (χ3v) is 6.21. The largest absolute Gasteiger partial charge is 0.395 e. The van der Waals surface area contributed by atoms with E-state index < -0.39 is 28.4 Å². The summed E-state index contributed by atoms with van der Waals surface area (Å²) in [5.74, 6) is 0. The van der Waals surface area contributed by atoms with Crippen LogP contribution < -0.4 is 5.32 Å². The number of aliphatic hydroxyl groups excluding tert-OH is 1. The first kappa shape index (κ1) is 21.0. The second-order valence-corrected chi connectivity index (χ2v) is 8.28. The maximum absolute atomic E-state index is 12.6. The number of likely N-dealkylation sites (N-methyl/N-ethyl adjacent to an activating group) is 1. The Bertz CT molecular complexity index is 601. The lowest BCUT2D eigenvalue weighted by molar-refractivity contribution is -0.111. The number of rotatable bonds is 6. The molecule has 10 nitrogen and oxygen atoms in total. The number of nitrogens with zero attached hydrogens (tertiary/aromatic N) is 3. The summed E-state index contributed by atoms with van der Waals surface area (Å²) in [6.07, 6.45) is 3.29. The van der Waals surface area contributed by atoms with Gasteiger partial charge in [-0.05, 0) is 32.2 Å². The predicted molar refractivity (Wildman–Crippen MR) is 94.0 cm³/mol. The molecule has 3 atom stereocenters. The third-order valence-electron chi connectivity index (χ3n) is 5.22. The Morgan fingerprint density at radius 3 is 2.62 bits per heavy atom. The minimum absolute atomic E-state index is 0.0307. The first-order valence-electron chi connectivity index (χ1n) is 8.84. The highest BCUT2D eigenvalue weighted by Crippen LogP contribution is 2.23. The second kappa shape index (κ2) is 9.09. The molecule has 0 radical (unpaired) electrons. The topological polar surface area (TPSA) is 130 Å². The summed E-state index contributed by atoms with van der Waals surface area (Å²) in [5.41, 5.74) is 0. The van der Waals surface area contributed by atoms with Crippen LogP contribution in [0, 0.1) is 0 Å². The summed E-state index contributed by atoms with van der Waals surface area (Å²) in [5, 5.41) is 12.0. The van der Waals surface area contributed by atoms with Crippen LogP contribution in [0.3, 0.4) is 0 Å². The predicted octanol–water partition coefficient (Wildman–Crippen LogP) is -1.08. The Kier molecular flexibility index (Phi) is 7.35. The Labute approximate surface area is 154 Å². The molecular formula is C15H28N4O6S. The van der Waals surface area contributed by atoms with Crippen LogP contribution in [0.15, 0.2) is 0 Å². The van der Waals surface area contributed by atoms with Gasteiger partial charge in [-0.1, -0.05) is 0 Å². The van der Waals surface area contributed by atoms with E-state index in [-0.39, 0.29) is 25.6 Å². The SMILES string of the molecule is CN(C1CCN(C(=O)N[C@H]2CCCN(CCO)CC2)[C@@H]1C=O)S(=O)(=O)O. The molecule has 2 rings (SSSR count). The molecule has 3 N–H and O–H groups in total. The fourth-order valence-electron chi connectivity index (χ4n) is 3.69. The average molecular weight is 392 g/mol. The van der Waals surface area contributed by atoms with E-state index in [9.17, 15) is 22.6 Å². The maximum atomic E-state index is 12.6. The van der Waals surface area contributed by atoms with Crippen LogP contribution in [0.25, 0.3) is 0 Å². The molecule has 2 fully saturated rings. The minimum Gasteiger partial charge on any atom is -0.395 e. The zero-order valence-corrected chi connectivity index (χ0v) is 15.8. The van der Waals surface area contributed by atoms with Crippen LogP contribution in [-0.4, -0.2) is 102 Å². The monoisotopic (exact) mass is 392 g/mol. The van der Waals surface area contributed by atoms with E-state index in [0.717, 1.165) is 36.7 Å². The van der Waals surface area contributed by atoms with E-state index in [2.05, 4.69) is 10.2 Å². The molecule has 0 bridgehead atoms. The van der Waals surface area contributed by atoms with Crippen LogP contribution in [0.1, 0.15) is 25.7 Å². The van der Waals surface area contributed by atoms with Gasteiger partial charge in [-0.25, -0.2) is 4.79 Å². The number of hydrogen-bond acceptors (Lipinski definition) is 6. The van der Waals surface area contributed by atoms with Crippen molar-refractivity contribution in [2.45, 2.75) is 43.8 Å². The minimum atomic E-state index is -4.43. The van der Waals surface area contributed by atoms with Crippen molar-refractivity contribution in [2.75, 3.05) is 39.8 Å². The van der Waals surface area contributed by atoms with Gasteiger partial charge in [0.15, 0.2) is 0 Å². The van der Waals surface area contributed by atoms with Gasteiger partial charge in [0.2, 0.25) is 0 Å². The highest BCUT2D eigenvalue weighted by atomic mass is 32.2. The molecule has 0 aromatic heterocycles. The van der Waals surface area contributed by atoms with E-state index in [1.165, 1.54) is 11.9 Å². The van der Waals surface area contributed by atoms with Gasteiger partial charge in [-0.15, -0.1) is 0 Å². The maximum Gasteiger partial charge on any atom is 0.335 e. The lowest BCUT2D eigenvalue weighted by atomic mass is 10.1. The van der Waals surface area contributed by atoms with Crippen LogP contribution in [-0.2, 0) is 15.1 Å². The number of urea groups is 1. The zero-order valence-electron chi connectivity index (χ0n) is 15.0. The summed E-state index contributed by atoms with van der Waals surface area (Å²) in [4.78, 5) is 27.5. The summed E-state index contributed by atoms with van der Waals surface area (Å²) in [7, 11) is -3.24. The normalized spacial score (nSPS) is 28.2. The number of aldehydes is 1. The Hall–Kier alpha value is -1.27. The van der Waals surface area contributed by atoms with Crippen LogP contribution in [0.2, 0.25) is 0 Å². The molecule has 0 spiro atoms. The first-order chi connectivity index (χ1) is 12.3. The molecular weight excluding hydrogens is 364 g/mol. The number of likely N-dealkylation sites (tertiary alicyclic amines) is 2. The molecule has 0 aromatic rings. The molecule has 2 heterocycles. The second-order valence-electron chi connectivity index (χ2n) is 6.81. The van der Waals surface area contributed by atoms with Crippen molar-refractivity contribution >= 4 is 22.6 Å². The summed E-state index contributed by atoms with van der Waals surface area (Å²) >= 11 is 0. The van der Waals surface area contributed by atoms with E-state index in [4.69, 9.17) is 5.11 Å². The molecule has 2 amide bonds. The third kappa shape index (κ3) is 5.13.